The summed E-state index contributed by atoms with van der Waals surface area (Å²) in [6.07, 6.45) is 1.55. The second kappa shape index (κ2) is 4.94. The van der Waals surface area contributed by atoms with Crippen molar-refractivity contribution in [2.24, 2.45) is 12.9 Å². The number of ether oxygens (including phenoxy) is 1. The van der Waals surface area contributed by atoms with E-state index in [-0.39, 0.29) is 6.04 Å². The number of aromatic nitrogens is 4. The van der Waals surface area contributed by atoms with Crippen LogP contribution in [-0.2, 0) is 19.9 Å². The van der Waals surface area contributed by atoms with Gasteiger partial charge in [0, 0.05) is 12.8 Å². The second-order valence-corrected chi connectivity index (χ2v) is 4.58. The summed E-state index contributed by atoms with van der Waals surface area (Å²) in [5.74, 6) is 7.28. The van der Waals surface area contributed by atoms with Gasteiger partial charge in [-0.25, -0.2) is 0 Å². The van der Waals surface area contributed by atoms with Crippen LogP contribution in [0.3, 0.4) is 0 Å². The van der Waals surface area contributed by atoms with Crippen molar-refractivity contribution in [1.82, 2.24) is 25.6 Å². The van der Waals surface area contributed by atoms with Gasteiger partial charge in [0.25, 0.3) is 0 Å². The van der Waals surface area contributed by atoms with Gasteiger partial charge < -0.3 is 4.74 Å². The number of nitrogens with one attached hydrogen (secondary N) is 1. The minimum absolute atomic E-state index is 0.0323. The first-order valence-electron chi connectivity index (χ1n) is 6.21. The Hall–Kier alpha value is -1.99. The van der Waals surface area contributed by atoms with Gasteiger partial charge in [0.2, 0.25) is 0 Å². The van der Waals surface area contributed by atoms with E-state index in [1.54, 1.807) is 7.05 Å². The summed E-state index contributed by atoms with van der Waals surface area (Å²) in [5.41, 5.74) is 5.15. The van der Waals surface area contributed by atoms with E-state index in [2.05, 4.69) is 26.9 Å². The maximum atomic E-state index is 5.64. The van der Waals surface area contributed by atoms with Crippen LogP contribution in [0.15, 0.2) is 18.2 Å². The highest BCUT2D eigenvalue weighted by Gasteiger charge is 2.18. The van der Waals surface area contributed by atoms with E-state index < -0.39 is 0 Å². The van der Waals surface area contributed by atoms with Crippen molar-refractivity contribution in [3.63, 3.8) is 0 Å². The molecule has 1 aliphatic heterocycles. The van der Waals surface area contributed by atoms with Crippen LogP contribution < -0.4 is 16.0 Å². The summed E-state index contributed by atoms with van der Waals surface area (Å²) in [5, 5.41) is 12.0. The van der Waals surface area contributed by atoms with Crippen molar-refractivity contribution >= 4 is 0 Å². The Bertz CT molecular complexity index is 581. The Labute approximate surface area is 110 Å². The number of rotatable bonds is 4. The second-order valence-electron chi connectivity index (χ2n) is 4.58. The lowest BCUT2D eigenvalue weighted by molar-refractivity contribution is 0.356. The third-order valence-corrected chi connectivity index (χ3v) is 3.25. The molecule has 2 aromatic rings. The van der Waals surface area contributed by atoms with Crippen LogP contribution in [0.4, 0.5) is 0 Å². The molecule has 0 spiro atoms. The van der Waals surface area contributed by atoms with Gasteiger partial charge in [-0.15, -0.1) is 10.2 Å². The van der Waals surface area contributed by atoms with E-state index in [0.29, 0.717) is 12.2 Å². The lowest BCUT2D eigenvalue weighted by Gasteiger charge is -2.15. The molecule has 0 amide bonds. The zero-order valence-corrected chi connectivity index (χ0v) is 10.7. The minimum Gasteiger partial charge on any atom is -0.493 e. The Morgan fingerprint density at radius 3 is 3.16 bits per heavy atom. The number of aryl methyl sites for hydroxylation is 1. The highest BCUT2D eigenvalue weighted by Crippen LogP contribution is 2.28. The van der Waals surface area contributed by atoms with Gasteiger partial charge in [-0.05, 0) is 22.4 Å². The van der Waals surface area contributed by atoms with Gasteiger partial charge in [-0.1, -0.05) is 12.1 Å². The fourth-order valence-electron chi connectivity index (χ4n) is 2.28. The van der Waals surface area contributed by atoms with Crippen LogP contribution in [0.25, 0.3) is 0 Å². The largest absolute Gasteiger partial charge is 0.493 e. The van der Waals surface area contributed by atoms with E-state index in [9.17, 15) is 0 Å². The monoisotopic (exact) mass is 260 g/mol. The quantitative estimate of drug-likeness (QED) is 0.589. The van der Waals surface area contributed by atoms with E-state index in [1.807, 2.05) is 12.1 Å². The highest BCUT2D eigenvalue weighted by molar-refractivity contribution is 5.40. The topological polar surface area (TPSA) is 90.9 Å². The number of fused-ring (bicyclic) bond motifs is 1. The minimum atomic E-state index is -0.0323. The summed E-state index contributed by atoms with van der Waals surface area (Å²) in [6, 6.07) is 6.11. The van der Waals surface area contributed by atoms with Crippen molar-refractivity contribution in [2.75, 3.05) is 6.61 Å². The zero-order chi connectivity index (χ0) is 13.2. The van der Waals surface area contributed by atoms with Gasteiger partial charge in [-0.2, -0.15) is 4.80 Å². The first-order chi connectivity index (χ1) is 9.26. The molecule has 3 N–H and O–H groups in total. The molecule has 0 radical (unpaired) electrons. The van der Waals surface area contributed by atoms with Crippen LogP contribution >= 0.6 is 0 Å². The SMILES string of the molecule is Cn1nnc(CC(NN)c2ccc3c(c2)CCO3)n1. The molecule has 0 saturated carbocycles. The number of benzene rings is 1. The Balaban J connectivity index is 1.82. The maximum absolute atomic E-state index is 5.64. The Morgan fingerprint density at radius 1 is 1.53 bits per heavy atom. The third-order valence-electron chi connectivity index (χ3n) is 3.25. The Morgan fingerprint density at radius 2 is 2.42 bits per heavy atom. The average molecular weight is 260 g/mol. The summed E-state index contributed by atoms with van der Waals surface area (Å²) in [6.45, 7) is 0.755. The van der Waals surface area contributed by atoms with Gasteiger partial charge >= 0.3 is 0 Å². The van der Waals surface area contributed by atoms with E-state index in [4.69, 9.17) is 10.6 Å². The van der Waals surface area contributed by atoms with Crippen molar-refractivity contribution in [2.45, 2.75) is 18.9 Å². The van der Waals surface area contributed by atoms with Crippen LogP contribution in [0.2, 0.25) is 0 Å². The summed E-state index contributed by atoms with van der Waals surface area (Å²) >= 11 is 0. The normalized spacial score (nSPS) is 15.1. The van der Waals surface area contributed by atoms with Crippen LogP contribution in [0.1, 0.15) is 23.0 Å². The molecule has 0 bridgehead atoms. The van der Waals surface area contributed by atoms with E-state index >= 15 is 0 Å². The summed E-state index contributed by atoms with van der Waals surface area (Å²) < 4.78 is 5.50. The smallest absolute Gasteiger partial charge is 0.176 e. The van der Waals surface area contributed by atoms with Crippen LogP contribution in [-0.4, -0.2) is 26.8 Å². The Kier molecular flexibility index (Phi) is 3.14. The molecule has 0 fully saturated rings. The van der Waals surface area contributed by atoms with Crippen molar-refractivity contribution in [3.8, 4) is 5.75 Å². The van der Waals surface area contributed by atoms with Crippen molar-refractivity contribution in [3.05, 3.63) is 35.2 Å². The number of nitrogens with two attached hydrogens (primary N) is 1. The number of nitrogens with zero attached hydrogens (tertiary/aromatic N) is 4. The molecule has 2 heterocycles. The molecule has 19 heavy (non-hydrogen) atoms. The molecule has 3 rings (SSSR count). The molecule has 1 aromatic heterocycles. The highest BCUT2D eigenvalue weighted by atomic mass is 16.5. The van der Waals surface area contributed by atoms with Gasteiger partial charge in [-0.3, -0.25) is 11.3 Å². The molecule has 7 heteroatoms. The lowest BCUT2D eigenvalue weighted by atomic mass is 10.0. The zero-order valence-electron chi connectivity index (χ0n) is 10.7. The molecule has 100 valence electrons. The lowest BCUT2D eigenvalue weighted by Crippen LogP contribution is -2.30. The first-order valence-corrected chi connectivity index (χ1v) is 6.21. The van der Waals surface area contributed by atoms with Gasteiger partial charge in [0.05, 0.1) is 19.7 Å². The molecule has 1 aromatic carbocycles. The van der Waals surface area contributed by atoms with Gasteiger partial charge in [0.15, 0.2) is 5.82 Å². The number of hydrazine groups is 1. The van der Waals surface area contributed by atoms with Crippen LogP contribution in [0, 0.1) is 0 Å². The number of tetrazole rings is 1. The van der Waals surface area contributed by atoms with Crippen LogP contribution in [0.5, 0.6) is 5.75 Å². The van der Waals surface area contributed by atoms with E-state index in [0.717, 1.165) is 24.3 Å². The predicted molar refractivity (Wildman–Crippen MR) is 68.2 cm³/mol. The molecule has 0 saturated heterocycles. The number of hydrogen-bond donors (Lipinski definition) is 2. The molecule has 1 aliphatic rings. The first kappa shape index (κ1) is 12.1. The maximum Gasteiger partial charge on any atom is 0.176 e. The average Bonchev–Trinajstić information content (AvgIpc) is 3.03. The fourth-order valence-corrected chi connectivity index (χ4v) is 2.28. The molecular formula is C12H16N6O. The van der Waals surface area contributed by atoms with Crippen molar-refractivity contribution in [1.29, 1.82) is 0 Å². The summed E-state index contributed by atoms with van der Waals surface area (Å²) in [7, 11) is 1.74. The fraction of sp³-hybridized carbons (Fsp3) is 0.417. The molecule has 7 nitrogen and oxygen atoms in total. The van der Waals surface area contributed by atoms with Crippen molar-refractivity contribution < 1.29 is 4.74 Å². The molecule has 0 aliphatic carbocycles. The van der Waals surface area contributed by atoms with Gasteiger partial charge in [0.1, 0.15) is 5.75 Å². The summed E-state index contributed by atoms with van der Waals surface area (Å²) in [4.78, 5) is 1.44. The molecular weight excluding hydrogens is 244 g/mol. The molecule has 1 atom stereocenters. The third kappa shape index (κ3) is 2.42. The number of hydrogen-bond acceptors (Lipinski definition) is 6. The predicted octanol–water partition coefficient (Wildman–Crippen LogP) is -0.108. The standard InChI is InChI=1S/C12H16N6O/c1-18-16-12(15-17-18)7-10(14-13)8-2-3-11-9(6-8)4-5-19-11/h2-3,6,10,14H,4-5,7,13H2,1H3. The molecule has 1 unspecified atom stereocenters. The van der Waals surface area contributed by atoms with E-state index in [1.165, 1.54) is 10.4 Å².